The average molecular weight is 250 g/mol. The number of ether oxygens (including phenoxy) is 1. The molecule has 4 N–H and O–H groups in total. The van der Waals surface area contributed by atoms with Crippen LogP contribution in [0.25, 0.3) is 0 Å². The van der Waals surface area contributed by atoms with E-state index in [4.69, 9.17) is 15.6 Å². The molecule has 1 atom stereocenters. The molecule has 1 aromatic rings. The van der Waals surface area contributed by atoms with E-state index in [9.17, 15) is 4.79 Å². The summed E-state index contributed by atoms with van der Waals surface area (Å²) in [6.45, 7) is 1.23. The van der Waals surface area contributed by atoms with Crippen LogP contribution in [0.3, 0.4) is 0 Å². The van der Waals surface area contributed by atoms with Crippen molar-refractivity contribution in [2.45, 2.75) is 25.3 Å². The fourth-order valence-electron chi connectivity index (χ4n) is 2.02. The fourth-order valence-corrected chi connectivity index (χ4v) is 2.02. The zero-order valence-electron chi connectivity index (χ0n) is 10.2. The van der Waals surface area contributed by atoms with E-state index >= 15 is 0 Å². The second kappa shape index (κ2) is 5.73. The van der Waals surface area contributed by atoms with Crippen LogP contribution in [-0.4, -0.2) is 30.3 Å². The van der Waals surface area contributed by atoms with Crippen molar-refractivity contribution in [3.8, 4) is 5.75 Å². The average Bonchev–Trinajstić information content (AvgIpc) is 2.35. The van der Waals surface area contributed by atoms with Crippen LogP contribution in [0.1, 0.15) is 18.4 Å². The van der Waals surface area contributed by atoms with E-state index in [1.807, 2.05) is 18.2 Å². The number of anilines is 1. The molecule has 0 fully saturated rings. The molecule has 0 aromatic heterocycles. The van der Waals surface area contributed by atoms with E-state index in [1.54, 1.807) is 0 Å². The summed E-state index contributed by atoms with van der Waals surface area (Å²) in [5.74, 6) is 0.0739. The maximum atomic E-state index is 10.5. The van der Waals surface area contributed by atoms with Gasteiger partial charge < -0.3 is 20.9 Å². The van der Waals surface area contributed by atoms with Gasteiger partial charge in [-0.2, -0.15) is 0 Å². The number of nitrogens with two attached hydrogens (primary N) is 1. The van der Waals surface area contributed by atoms with E-state index in [-0.39, 0.29) is 12.5 Å². The summed E-state index contributed by atoms with van der Waals surface area (Å²) in [6, 6.07) is 5.54. The Morgan fingerprint density at radius 2 is 2.39 bits per heavy atom. The number of aryl methyl sites for hydroxylation is 1. The van der Waals surface area contributed by atoms with Crippen LogP contribution in [0.5, 0.6) is 5.75 Å². The molecule has 0 aliphatic carbocycles. The summed E-state index contributed by atoms with van der Waals surface area (Å²) in [5.41, 5.74) is 7.84. The first kappa shape index (κ1) is 12.7. The zero-order valence-corrected chi connectivity index (χ0v) is 10.2. The largest absolute Gasteiger partial charge is 0.493 e. The molecule has 0 spiro atoms. The molecule has 18 heavy (non-hydrogen) atoms. The number of rotatable bonds is 5. The lowest BCUT2D eigenvalue weighted by molar-refractivity contribution is -0.137. The summed E-state index contributed by atoms with van der Waals surface area (Å²) < 4.78 is 5.53. The fraction of sp³-hybridized carbons (Fsp3) is 0.462. The predicted molar refractivity (Wildman–Crippen MR) is 69.0 cm³/mol. The third kappa shape index (κ3) is 3.37. The molecule has 5 heteroatoms. The Bertz CT molecular complexity index is 434. The number of hydrogen-bond donors (Lipinski definition) is 3. The van der Waals surface area contributed by atoms with Crippen LogP contribution in [0.4, 0.5) is 5.69 Å². The maximum Gasteiger partial charge on any atom is 0.304 e. The van der Waals surface area contributed by atoms with Gasteiger partial charge in [0.2, 0.25) is 0 Å². The molecule has 0 saturated heterocycles. The van der Waals surface area contributed by atoms with Gasteiger partial charge in [-0.1, -0.05) is 0 Å². The number of carboxylic acids is 1. The first-order chi connectivity index (χ1) is 8.65. The molecule has 98 valence electrons. The Balaban J connectivity index is 1.91. The van der Waals surface area contributed by atoms with Gasteiger partial charge in [0.25, 0.3) is 0 Å². The van der Waals surface area contributed by atoms with Crippen LogP contribution in [-0.2, 0) is 11.2 Å². The second-order valence-electron chi connectivity index (χ2n) is 4.51. The van der Waals surface area contributed by atoms with Crippen LogP contribution >= 0.6 is 0 Å². The molecular formula is C13H18N2O3. The highest BCUT2D eigenvalue weighted by Gasteiger charge is 2.11. The molecule has 1 heterocycles. The smallest absolute Gasteiger partial charge is 0.304 e. The van der Waals surface area contributed by atoms with Crippen LogP contribution < -0.4 is 15.8 Å². The van der Waals surface area contributed by atoms with Crippen molar-refractivity contribution in [3.05, 3.63) is 23.8 Å². The zero-order chi connectivity index (χ0) is 13.0. The summed E-state index contributed by atoms with van der Waals surface area (Å²) in [5, 5.41) is 11.8. The molecule has 1 aliphatic rings. The maximum absolute atomic E-state index is 10.5. The van der Waals surface area contributed by atoms with Crippen molar-refractivity contribution in [1.29, 1.82) is 0 Å². The van der Waals surface area contributed by atoms with E-state index in [0.717, 1.165) is 30.9 Å². The van der Waals surface area contributed by atoms with Crippen molar-refractivity contribution >= 4 is 11.7 Å². The SMILES string of the molecule is NC(CNc1ccc2c(c1)CCCO2)CC(=O)O. The van der Waals surface area contributed by atoms with Gasteiger partial charge >= 0.3 is 5.97 Å². The minimum absolute atomic E-state index is 0.0267. The van der Waals surface area contributed by atoms with Gasteiger partial charge in [0.1, 0.15) is 5.75 Å². The van der Waals surface area contributed by atoms with Crippen molar-refractivity contribution < 1.29 is 14.6 Å². The predicted octanol–water partition coefficient (Wildman–Crippen LogP) is 1.23. The van der Waals surface area contributed by atoms with Crippen molar-refractivity contribution in [1.82, 2.24) is 0 Å². The lowest BCUT2D eigenvalue weighted by Crippen LogP contribution is -2.31. The van der Waals surface area contributed by atoms with Gasteiger partial charge in [0.05, 0.1) is 13.0 Å². The topological polar surface area (TPSA) is 84.6 Å². The quantitative estimate of drug-likeness (QED) is 0.732. The number of nitrogens with one attached hydrogen (secondary N) is 1. The molecule has 1 aliphatic heterocycles. The van der Waals surface area contributed by atoms with Gasteiger partial charge in [0, 0.05) is 18.3 Å². The first-order valence-corrected chi connectivity index (χ1v) is 6.12. The summed E-state index contributed by atoms with van der Waals surface area (Å²) in [6.07, 6.45) is 2.03. The molecule has 1 unspecified atom stereocenters. The van der Waals surface area contributed by atoms with E-state index in [1.165, 1.54) is 5.56 Å². The number of fused-ring (bicyclic) bond motifs is 1. The Labute approximate surface area is 106 Å². The number of carboxylic acid groups (broad SMARTS) is 1. The summed E-state index contributed by atoms with van der Waals surface area (Å²) >= 11 is 0. The number of carbonyl (C=O) groups is 1. The van der Waals surface area contributed by atoms with Crippen molar-refractivity contribution in [3.63, 3.8) is 0 Å². The minimum atomic E-state index is -0.872. The first-order valence-electron chi connectivity index (χ1n) is 6.12. The monoisotopic (exact) mass is 250 g/mol. The highest BCUT2D eigenvalue weighted by molar-refractivity contribution is 5.67. The van der Waals surface area contributed by atoms with E-state index in [2.05, 4.69) is 5.32 Å². The van der Waals surface area contributed by atoms with Crippen LogP contribution in [0.2, 0.25) is 0 Å². The van der Waals surface area contributed by atoms with E-state index < -0.39 is 5.97 Å². The normalized spacial score (nSPS) is 15.4. The molecule has 5 nitrogen and oxygen atoms in total. The third-order valence-electron chi connectivity index (χ3n) is 2.91. The molecule has 0 saturated carbocycles. The van der Waals surface area contributed by atoms with Gasteiger partial charge in [-0.3, -0.25) is 4.79 Å². The summed E-state index contributed by atoms with van der Waals surface area (Å²) in [4.78, 5) is 10.5. The molecule has 1 aromatic carbocycles. The lowest BCUT2D eigenvalue weighted by Gasteiger charge is -2.19. The standard InChI is InChI=1S/C13H18N2O3/c14-10(7-13(16)17)8-15-11-3-4-12-9(6-11)2-1-5-18-12/h3-4,6,10,15H,1-2,5,7-8,14H2,(H,16,17). The lowest BCUT2D eigenvalue weighted by atomic mass is 10.1. The van der Waals surface area contributed by atoms with Crippen LogP contribution in [0, 0.1) is 0 Å². The highest BCUT2D eigenvalue weighted by Crippen LogP contribution is 2.27. The molecule has 0 bridgehead atoms. The Morgan fingerprint density at radius 3 is 3.17 bits per heavy atom. The Hall–Kier alpha value is -1.75. The minimum Gasteiger partial charge on any atom is -0.493 e. The van der Waals surface area contributed by atoms with Gasteiger partial charge in [-0.05, 0) is 36.6 Å². The molecular weight excluding hydrogens is 232 g/mol. The molecule has 2 rings (SSSR count). The van der Waals surface area contributed by atoms with E-state index in [0.29, 0.717) is 6.54 Å². The van der Waals surface area contributed by atoms with Crippen molar-refractivity contribution in [2.75, 3.05) is 18.5 Å². The third-order valence-corrected chi connectivity index (χ3v) is 2.91. The van der Waals surface area contributed by atoms with Gasteiger partial charge in [-0.25, -0.2) is 0 Å². The number of aliphatic carboxylic acids is 1. The van der Waals surface area contributed by atoms with Gasteiger partial charge in [-0.15, -0.1) is 0 Å². The number of benzene rings is 1. The van der Waals surface area contributed by atoms with Crippen LogP contribution in [0.15, 0.2) is 18.2 Å². The Morgan fingerprint density at radius 1 is 1.56 bits per heavy atom. The Kier molecular flexibility index (Phi) is 4.04. The molecule has 0 amide bonds. The van der Waals surface area contributed by atoms with Crippen molar-refractivity contribution in [2.24, 2.45) is 5.73 Å². The second-order valence-corrected chi connectivity index (χ2v) is 4.51. The highest BCUT2D eigenvalue weighted by atomic mass is 16.5. The summed E-state index contributed by atoms with van der Waals surface area (Å²) in [7, 11) is 0. The van der Waals surface area contributed by atoms with Gasteiger partial charge in [0.15, 0.2) is 0 Å². The molecule has 0 radical (unpaired) electrons. The number of hydrogen-bond acceptors (Lipinski definition) is 4.